The molecule has 0 bridgehead atoms. The molecule has 2 atom stereocenters. The number of aliphatic carboxylic acids is 1. The van der Waals surface area contributed by atoms with Crippen molar-refractivity contribution in [1.29, 1.82) is 0 Å². The van der Waals surface area contributed by atoms with E-state index < -0.39 is 18.2 Å². The van der Waals surface area contributed by atoms with E-state index in [9.17, 15) is 19.8 Å². The Labute approximate surface area is 223 Å². The fourth-order valence-electron chi connectivity index (χ4n) is 4.79. The van der Waals surface area contributed by atoms with Crippen molar-refractivity contribution < 1.29 is 19.8 Å². The lowest BCUT2D eigenvalue weighted by molar-refractivity contribution is -0.140. The van der Waals surface area contributed by atoms with E-state index in [4.69, 9.17) is 5.73 Å². The van der Waals surface area contributed by atoms with Crippen molar-refractivity contribution in [3.63, 3.8) is 0 Å². The first-order valence-corrected chi connectivity index (χ1v) is 12.5. The number of hydrogen-bond donors (Lipinski definition) is 8. The highest BCUT2D eigenvalue weighted by Crippen LogP contribution is 2.34. The van der Waals surface area contributed by atoms with E-state index in [1.807, 2.05) is 18.2 Å². The second-order valence-corrected chi connectivity index (χ2v) is 9.97. The molecule has 0 spiro atoms. The zero-order chi connectivity index (χ0) is 26.6. The Hall–Kier alpha value is -4.55. The van der Waals surface area contributed by atoms with Crippen LogP contribution >= 0.6 is 15.9 Å². The Morgan fingerprint density at radius 3 is 2.61 bits per heavy atom. The van der Waals surface area contributed by atoms with Gasteiger partial charge in [-0.15, -0.1) is 0 Å². The number of nitrogens with one attached hydrogen (secondary N) is 5. The van der Waals surface area contributed by atoms with Gasteiger partial charge in [-0.3, -0.25) is 15.3 Å². The van der Waals surface area contributed by atoms with E-state index in [0.717, 1.165) is 20.9 Å². The van der Waals surface area contributed by atoms with E-state index in [2.05, 4.69) is 46.5 Å². The number of benzene rings is 2. The lowest BCUT2D eigenvalue weighted by Gasteiger charge is -2.15. The second kappa shape index (κ2) is 9.08. The number of carbonyl (C=O) groups excluding carboxylic acids is 1. The first kappa shape index (κ1) is 23.8. The summed E-state index contributed by atoms with van der Waals surface area (Å²) in [5.41, 5.74) is 9.80. The Bertz CT molecular complexity index is 1770. The van der Waals surface area contributed by atoms with Gasteiger partial charge in [0, 0.05) is 74.3 Å². The fraction of sp³-hybridized carbons (Fsp3) is 0.115. The fourth-order valence-corrected chi connectivity index (χ4v) is 5.15. The van der Waals surface area contributed by atoms with Gasteiger partial charge in [0.25, 0.3) is 0 Å². The van der Waals surface area contributed by atoms with Crippen LogP contribution in [0.25, 0.3) is 33.1 Å². The predicted molar refractivity (Wildman–Crippen MR) is 144 cm³/mol. The molecule has 11 nitrogen and oxygen atoms in total. The average molecular weight is 576 g/mol. The van der Waals surface area contributed by atoms with Crippen LogP contribution in [-0.4, -0.2) is 48.2 Å². The summed E-state index contributed by atoms with van der Waals surface area (Å²) in [7, 11) is 0. The number of rotatable bonds is 7. The topological polar surface area (TPSA) is 185 Å². The number of aromatic nitrogens is 4. The molecule has 0 saturated carbocycles. The molecule has 5 aromatic rings. The third kappa shape index (κ3) is 4.09. The molecule has 0 saturated heterocycles. The van der Waals surface area contributed by atoms with Crippen LogP contribution in [0.4, 0.5) is 0 Å². The van der Waals surface area contributed by atoms with E-state index in [0.29, 0.717) is 33.6 Å². The molecule has 1 aliphatic rings. The minimum Gasteiger partial charge on any atom is -0.508 e. The van der Waals surface area contributed by atoms with E-state index >= 15 is 0 Å². The zero-order valence-corrected chi connectivity index (χ0v) is 21.3. The minimum atomic E-state index is -1.05. The number of phenolic OH excluding ortho intramolecular Hbond substituents is 1. The summed E-state index contributed by atoms with van der Waals surface area (Å²) in [4.78, 5) is 39.9. The predicted octanol–water partition coefficient (Wildman–Crippen LogP) is 3.26. The maximum atomic E-state index is 13.6. The van der Waals surface area contributed by atoms with Crippen LogP contribution in [0.15, 0.2) is 65.2 Å². The van der Waals surface area contributed by atoms with Gasteiger partial charge in [-0.2, -0.15) is 0 Å². The number of H-pyrrole nitrogens is 3. The number of nitrogens with zero attached hydrogens (tertiary/aromatic N) is 1. The van der Waals surface area contributed by atoms with E-state index in [-0.39, 0.29) is 23.8 Å². The molecule has 9 N–H and O–H groups in total. The normalized spacial score (nSPS) is 15.8. The van der Waals surface area contributed by atoms with Crippen LogP contribution in [0.5, 0.6) is 5.75 Å². The summed E-state index contributed by atoms with van der Waals surface area (Å²) in [6, 6.07) is 10.5. The summed E-state index contributed by atoms with van der Waals surface area (Å²) >= 11 is 3.47. The van der Waals surface area contributed by atoms with Gasteiger partial charge in [0.15, 0.2) is 5.82 Å². The molecule has 12 heteroatoms. The smallest absolute Gasteiger partial charge is 0.312 e. The summed E-state index contributed by atoms with van der Waals surface area (Å²) in [6.07, 6.45) is 4.36. The first-order valence-electron chi connectivity index (χ1n) is 11.7. The van der Waals surface area contributed by atoms with Gasteiger partial charge < -0.3 is 35.8 Å². The highest BCUT2D eigenvalue weighted by atomic mass is 79.9. The quantitative estimate of drug-likeness (QED) is 0.136. The number of phenols is 1. The molecule has 4 heterocycles. The molecule has 1 aliphatic heterocycles. The average Bonchev–Trinajstić information content (AvgIpc) is 3.66. The van der Waals surface area contributed by atoms with Crippen molar-refractivity contribution in [2.75, 3.05) is 0 Å². The number of carboxylic acid groups (broad SMARTS) is 1. The van der Waals surface area contributed by atoms with Gasteiger partial charge >= 0.3 is 5.97 Å². The van der Waals surface area contributed by atoms with E-state index in [1.165, 1.54) is 12.1 Å². The van der Waals surface area contributed by atoms with Crippen molar-refractivity contribution in [3.8, 4) is 17.0 Å². The highest BCUT2D eigenvalue weighted by Gasteiger charge is 2.30. The second-order valence-electron chi connectivity index (χ2n) is 9.05. The van der Waals surface area contributed by atoms with Crippen LogP contribution in [0.2, 0.25) is 0 Å². The van der Waals surface area contributed by atoms with Crippen molar-refractivity contribution >= 4 is 49.5 Å². The van der Waals surface area contributed by atoms with Crippen LogP contribution in [0.1, 0.15) is 21.9 Å². The van der Waals surface area contributed by atoms with Crippen molar-refractivity contribution in [1.82, 2.24) is 30.6 Å². The molecule has 0 radical (unpaired) electrons. The zero-order valence-electron chi connectivity index (χ0n) is 19.7. The Morgan fingerprint density at radius 1 is 1.08 bits per heavy atom. The molecular weight excluding hydrogens is 554 g/mol. The lowest BCUT2D eigenvalue weighted by Crippen LogP contribution is -2.42. The Kier molecular flexibility index (Phi) is 5.69. The standard InChI is InChI=1S/C26H22BrN7O4/c27-11-1-3-13-16(8-29-18(13)5-11)22-20(7-15(25(37)38)21-10-31-26(28)33-21)32-24(34-22)23(36)17-9-30-19-6-12(35)2-4-14(17)19/h1-6,8-10,15,26,29-31,33,35H,7,28H2,(H,32,34)(H,37,38). The third-order valence-corrected chi connectivity index (χ3v) is 7.12. The number of fused-ring (bicyclic) bond motifs is 2. The number of carboxylic acids is 1. The van der Waals surface area contributed by atoms with Gasteiger partial charge in [0.1, 0.15) is 18.0 Å². The number of nitrogens with two attached hydrogens (primary N) is 1. The molecule has 2 unspecified atom stereocenters. The van der Waals surface area contributed by atoms with E-state index in [1.54, 1.807) is 24.7 Å². The third-order valence-electron chi connectivity index (χ3n) is 6.63. The number of hydrogen-bond acceptors (Lipinski definition) is 7. The van der Waals surface area contributed by atoms with Gasteiger partial charge in [0.05, 0.1) is 11.3 Å². The summed E-state index contributed by atoms with van der Waals surface area (Å²) < 4.78 is 0.899. The monoisotopic (exact) mass is 575 g/mol. The summed E-state index contributed by atoms with van der Waals surface area (Å²) in [6.45, 7) is 0. The Morgan fingerprint density at radius 2 is 1.84 bits per heavy atom. The first-order chi connectivity index (χ1) is 18.3. The lowest BCUT2D eigenvalue weighted by atomic mass is 9.97. The van der Waals surface area contributed by atoms with Gasteiger partial charge in [-0.1, -0.05) is 22.0 Å². The molecular formula is C26H22BrN7O4. The molecule has 6 rings (SSSR count). The molecule has 0 fully saturated rings. The van der Waals surface area contributed by atoms with Crippen molar-refractivity contribution in [2.45, 2.75) is 12.7 Å². The summed E-state index contributed by atoms with van der Waals surface area (Å²) in [5.74, 6) is -2.23. The Balaban J connectivity index is 1.46. The molecule has 38 heavy (non-hydrogen) atoms. The maximum absolute atomic E-state index is 13.6. The van der Waals surface area contributed by atoms with Gasteiger partial charge in [-0.25, -0.2) is 4.98 Å². The summed E-state index contributed by atoms with van der Waals surface area (Å²) in [5, 5.41) is 27.1. The molecule has 3 aromatic heterocycles. The number of imidazole rings is 1. The highest BCUT2D eigenvalue weighted by molar-refractivity contribution is 9.10. The van der Waals surface area contributed by atoms with Crippen molar-refractivity contribution in [2.24, 2.45) is 11.7 Å². The number of ketones is 1. The maximum Gasteiger partial charge on any atom is 0.312 e. The van der Waals surface area contributed by atoms with Gasteiger partial charge in [0.2, 0.25) is 5.78 Å². The molecule has 0 aliphatic carbocycles. The number of aromatic hydroxyl groups is 1. The minimum absolute atomic E-state index is 0.0309. The number of carbonyl (C=O) groups is 2. The van der Waals surface area contributed by atoms with Crippen LogP contribution < -0.4 is 16.4 Å². The van der Waals surface area contributed by atoms with Gasteiger partial charge in [-0.05, 0) is 24.3 Å². The van der Waals surface area contributed by atoms with Crippen LogP contribution in [0, 0.1) is 5.92 Å². The van der Waals surface area contributed by atoms with Crippen molar-refractivity contribution in [3.05, 3.63) is 82.2 Å². The van der Waals surface area contributed by atoms with Crippen LogP contribution in [0.3, 0.4) is 0 Å². The number of halogens is 1. The van der Waals surface area contributed by atoms with Crippen LogP contribution in [-0.2, 0) is 11.2 Å². The SMILES string of the molecule is NC1NC=C(C(Cc2[nH]c(C(=O)c3c[nH]c4cc(O)ccc34)nc2-c2c[nH]c3cc(Br)ccc23)C(=O)O)N1. The molecule has 0 amide bonds. The largest absolute Gasteiger partial charge is 0.508 e. The molecule has 192 valence electrons. The number of aromatic amines is 3. The molecule has 2 aromatic carbocycles.